The van der Waals surface area contributed by atoms with Crippen LogP contribution in [0, 0.1) is 11.3 Å². The number of thioether (sulfide) groups is 1. The minimum Gasteiger partial charge on any atom is -0.265 e. The maximum absolute atomic E-state index is 9.90. The van der Waals surface area contributed by atoms with Crippen molar-refractivity contribution in [2.45, 2.75) is 10.8 Å². The predicted octanol–water partition coefficient (Wildman–Crippen LogP) is 6.69. The van der Waals surface area contributed by atoms with Gasteiger partial charge in [0.15, 0.2) is 0 Å². The smallest absolute Gasteiger partial charge is 0.116 e. The number of nitriles is 1. The van der Waals surface area contributed by atoms with Crippen molar-refractivity contribution in [1.82, 2.24) is 9.97 Å². The number of pyridine rings is 2. The molecule has 28 heavy (non-hydrogen) atoms. The zero-order chi connectivity index (χ0) is 19.3. The Hall–Kier alpha value is -2.65. The summed E-state index contributed by atoms with van der Waals surface area (Å²) in [7, 11) is 0. The number of thiophene rings is 1. The molecule has 0 bridgehead atoms. The molecule has 1 aromatic carbocycles. The van der Waals surface area contributed by atoms with Gasteiger partial charge in [0.25, 0.3) is 0 Å². The summed E-state index contributed by atoms with van der Waals surface area (Å²) >= 11 is 9.25. The lowest BCUT2D eigenvalue weighted by Crippen LogP contribution is -1.95. The summed E-state index contributed by atoms with van der Waals surface area (Å²) in [6, 6.07) is 19.9. The molecule has 4 aromatic rings. The highest BCUT2D eigenvalue weighted by atomic mass is 35.5. The number of hydrogen-bond donors (Lipinski definition) is 0. The molecule has 0 spiro atoms. The Balaban J connectivity index is 1.81. The van der Waals surface area contributed by atoms with Crippen molar-refractivity contribution >= 4 is 34.7 Å². The molecule has 6 heteroatoms. The van der Waals surface area contributed by atoms with Gasteiger partial charge in [-0.3, -0.25) is 4.98 Å². The van der Waals surface area contributed by atoms with E-state index in [1.54, 1.807) is 35.5 Å². The molecule has 0 aliphatic carbocycles. The molecule has 4 rings (SSSR count). The van der Waals surface area contributed by atoms with Crippen molar-refractivity contribution in [1.29, 1.82) is 5.26 Å². The summed E-state index contributed by atoms with van der Waals surface area (Å²) < 4.78 is 0. The number of halogens is 1. The van der Waals surface area contributed by atoms with Crippen LogP contribution in [0.5, 0.6) is 0 Å². The molecule has 0 aliphatic heterocycles. The SMILES string of the molecule is N#Cc1c(-c2ccc(Cl)cc2)cc(-c2cccs2)nc1SCc1ccncc1. The van der Waals surface area contributed by atoms with E-state index in [4.69, 9.17) is 16.6 Å². The van der Waals surface area contributed by atoms with Crippen molar-refractivity contribution in [3.05, 3.63) is 88.5 Å². The molecule has 0 atom stereocenters. The molecular weight excluding hydrogens is 406 g/mol. The van der Waals surface area contributed by atoms with Gasteiger partial charge >= 0.3 is 0 Å². The lowest BCUT2D eigenvalue weighted by atomic mass is 10.0. The number of nitrogens with zero attached hydrogens (tertiary/aromatic N) is 3. The number of rotatable bonds is 5. The summed E-state index contributed by atoms with van der Waals surface area (Å²) in [4.78, 5) is 9.94. The third-order valence-electron chi connectivity index (χ3n) is 4.15. The largest absolute Gasteiger partial charge is 0.265 e. The van der Waals surface area contributed by atoms with Gasteiger partial charge in [0.2, 0.25) is 0 Å². The van der Waals surface area contributed by atoms with E-state index in [2.05, 4.69) is 11.1 Å². The van der Waals surface area contributed by atoms with Crippen LogP contribution >= 0.6 is 34.7 Å². The van der Waals surface area contributed by atoms with Gasteiger partial charge < -0.3 is 0 Å². The maximum atomic E-state index is 9.90. The molecule has 3 nitrogen and oxygen atoms in total. The molecule has 3 heterocycles. The molecule has 0 N–H and O–H groups in total. The molecule has 0 aliphatic rings. The van der Waals surface area contributed by atoms with E-state index < -0.39 is 0 Å². The molecule has 0 saturated carbocycles. The molecule has 3 aromatic heterocycles. The van der Waals surface area contributed by atoms with E-state index >= 15 is 0 Å². The summed E-state index contributed by atoms with van der Waals surface area (Å²) in [6.45, 7) is 0. The van der Waals surface area contributed by atoms with Gasteiger partial charge in [-0.1, -0.05) is 29.8 Å². The first-order chi connectivity index (χ1) is 13.7. The van der Waals surface area contributed by atoms with Crippen molar-refractivity contribution < 1.29 is 0 Å². The minimum atomic E-state index is 0.585. The summed E-state index contributed by atoms with van der Waals surface area (Å²) in [6.07, 6.45) is 3.55. The molecule has 0 saturated heterocycles. The molecule has 0 amide bonds. The summed E-state index contributed by atoms with van der Waals surface area (Å²) in [5.41, 5.74) is 4.42. The third-order valence-corrected chi connectivity index (χ3v) is 6.34. The fourth-order valence-corrected chi connectivity index (χ4v) is 4.54. The minimum absolute atomic E-state index is 0.585. The van der Waals surface area contributed by atoms with E-state index in [0.717, 1.165) is 38.0 Å². The lowest BCUT2D eigenvalue weighted by molar-refractivity contribution is 1.12. The van der Waals surface area contributed by atoms with Crippen LogP contribution in [0.3, 0.4) is 0 Å². The number of aromatic nitrogens is 2. The van der Waals surface area contributed by atoms with Crippen LogP contribution in [0.25, 0.3) is 21.7 Å². The zero-order valence-corrected chi connectivity index (χ0v) is 17.1. The molecular formula is C22H14ClN3S2. The Morgan fingerprint density at radius 1 is 1.07 bits per heavy atom. The average molecular weight is 420 g/mol. The standard InChI is InChI=1S/C22H14ClN3S2/c23-17-5-3-16(4-6-17)18-12-20(21-2-1-11-27-21)26-22(19(18)13-24)28-14-15-7-9-25-10-8-15/h1-12H,14H2. The van der Waals surface area contributed by atoms with Gasteiger partial charge in [0, 0.05) is 28.7 Å². The first-order valence-corrected chi connectivity index (χ1v) is 10.8. The van der Waals surface area contributed by atoms with Crippen molar-refractivity contribution in [2.24, 2.45) is 0 Å². The first-order valence-electron chi connectivity index (χ1n) is 8.51. The monoisotopic (exact) mass is 419 g/mol. The zero-order valence-electron chi connectivity index (χ0n) is 14.7. The van der Waals surface area contributed by atoms with Crippen LogP contribution in [0.15, 0.2) is 77.4 Å². The second kappa shape index (κ2) is 8.57. The highest BCUT2D eigenvalue weighted by molar-refractivity contribution is 7.98. The van der Waals surface area contributed by atoms with Crippen LogP contribution in [0.2, 0.25) is 5.02 Å². The fraction of sp³-hybridized carbons (Fsp3) is 0.0455. The van der Waals surface area contributed by atoms with E-state index in [9.17, 15) is 5.26 Å². The third kappa shape index (κ3) is 4.10. The number of benzene rings is 1. The topological polar surface area (TPSA) is 49.6 Å². The second-order valence-corrected chi connectivity index (χ2v) is 8.32. The van der Waals surface area contributed by atoms with Crippen LogP contribution < -0.4 is 0 Å². The first kappa shape index (κ1) is 18.7. The average Bonchev–Trinajstić information content (AvgIpc) is 3.28. The maximum Gasteiger partial charge on any atom is 0.116 e. The molecule has 0 radical (unpaired) electrons. The Labute approximate surface area is 176 Å². The van der Waals surface area contributed by atoms with Gasteiger partial charge in [0.1, 0.15) is 11.1 Å². The van der Waals surface area contributed by atoms with Gasteiger partial charge in [-0.05, 0) is 52.9 Å². The summed E-state index contributed by atoms with van der Waals surface area (Å²) in [5, 5.41) is 13.3. The summed E-state index contributed by atoms with van der Waals surface area (Å²) in [5.74, 6) is 0.720. The van der Waals surface area contributed by atoms with Gasteiger partial charge in [-0.25, -0.2) is 4.98 Å². The quantitative estimate of drug-likeness (QED) is 0.338. The Morgan fingerprint density at radius 3 is 2.54 bits per heavy atom. The van der Waals surface area contributed by atoms with Crippen LogP contribution in [0.4, 0.5) is 0 Å². The van der Waals surface area contributed by atoms with Crippen LogP contribution in [-0.2, 0) is 5.75 Å². The van der Waals surface area contributed by atoms with E-state index in [1.807, 2.05) is 60.0 Å². The van der Waals surface area contributed by atoms with E-state index in [-0.39, 0.29) is 0 Å². The van der Waals surface area contributed by atoms with Gasteiger partial charge in [-0.2, -0.15) is 5.26 Å². The Kier molecular flexibility index (Phi) is 5.73. The Bertz CT molecular complexity index is 1120. The second-order valence-electron chi connectivity index (χ2n) is 5.98. The van der Waals surface area contributed by atoms with Crippen molar-refractivity contribution in [3.8, 4) is 27.8 Å². The molecule has 136 valence electrons. The van der Waals surface area contributed by atoms with Crippen LogP contribution in [0.1, 0.15) is 11.1 Å². The van der Waals surface area contributed by atoms with E-state index in [0.29, 0.717) is 10.6 Å². The van der Waals surface area contributed by atoms with Gasteiger partial charge in [0.05, 0.1) is 16.1 Å². The highest BCUT2D eigenvalue weighted by Gasteiger charge is 2.16. The lowest BCUT2D eigenvalue weighted by Gasteiger charge is -2.12. The highest BCUT2D eigenvalue weighted by Crippen LogP contribution is 2.36. The van der Waals surface area contributed by atoms with Gasteiger partial charge in [-0.15, -0.1) is 23.1 Å². The van der Waals surface area contributed by atoms with E-state index in [1.165, 1.54) is 0 Å². The molecule has 0 fully saturated rings. The molecule has 0 unspecified atom stereocenters. The Morgan fingerprint density at radius 2 is 1.86 bits per heavy atom. The fourth-order valence-electron chi connectivity index (χ4n) is 2.77. The number of hydrogen-bond acceptors (Lipinski definition) is 5. The normalized spacial score (nSPS) is 10.6. The van der Waals surface area contributed by atoms with Crippen molar-refractivity contribution in [3.63, 3.8) is 0 Å². The van der Waals surface area contributed by atoms with Crippen LogP contribution in [-0.4, -0.2) is 9.97 Å². The predicted molar refractivity (Wildman–Crippen MR) is 117 cm³/mol. The van der Waals surface area contributed by atoms with Crippen molar-refractivity contribution in [2.75, 3.05) is 0 Å².